The van der Waals surface area contributed by atoms with E-state index in [9.17, 15) is 0 Å². The minimum absolute atomic E-state index is 0.474. The fourth-order valence-electron chi connectivity index (χ4n) is 4.10. The fourth-order valence-corrected chi connectivity index (χ4v) is 4.10. The molecule has 0 N–H and O–H groups in total. The van der Waals surface area contributed by atoms with Crippen molar-refractivity contribution in [2.45, 2.75) is 51.5 Å². The van der Waals surface area contributed by atoms with E-state index in [0.29, 0.717) is 23.0 Å². The summed E-state index contributed by atoms with van der Waals surface area (Å²) in [6.45, 7) is 3.04. The van der Waals surface area contributed by atoms with Crippen LogP contribution >= 0.6 is 0 Å². The van der Waals surface area contributed by atoms with Crippen molar-refractivity contribution in [3.05, 3.63) is 24.3 Å². The molecule has 5 nitrogen and oxygen atoms in total. The third-order valence-electron chi connectivity index (χ3n) is 5.36. The standard InChI is InChI=1S/C17H23N3O2/c1-2-7-17(6-1)8-4-10-20(11-9-17)13-15-18-19-16(22-15)14-5-3-12-21-14/h3,5,12H,1-2,4,6-11,13H2. The quantitative estimate of drug-likeness (QED) is 0.861. The lowest BCUT2D eigenvalue weighted by Crippen LogP contribution is -2.25. The molecular weight excluding hydrogens is 278 g/mol. The van der Waals surface area contributed by atoms with Gasteiger partial charge in [0, 0.05) is 0 Å². The smallest absolute Gasteiger partial charge is 0.283 e. The Kier molecular flexibility index (Phi) is 3.74. The van der Waals surface area contributed by atoms with Crippen molar-refractivity contribution >= 4 is 0 Å². The van der Waals surface area contributed by atoms with E-state index in [2.05, 4.69) is 15.1 Å². The van der Waals surface area contributed by atoms with E-state index in [1.165, 1.54) is 44.9 Å². The zero-order valence-electron chi connectivity index (χ0n) is 13.0. The molecule has 4 rings (SSSR count). The molecule has 1 aliphatic heterocycles. The Morgan fingerprint density at radius 1 is 1.05 bits per heavy atom. The minimum Gasteiger partial charge on any atom is -0.459 e. The van der Waals surface area contributed by atoms with E-state index in [-0.39, 0.29) is 0 Å². The number of hydrogen-bond acceptors (Lipinski definition) is 5. The molecular formula is C17H23N3O2. The minimum atomic E-state index is 0.474. The van der Waals surface area contributed by atoms with E-state index in [1.54, 1.807) is 6.26 Å². The number of nitrogens with zero attached hydrogens (tertiary/aromatic N) is 3. The van der Waals surface area contributed by atoms with Crippen LogP contribution in [0.4, 0.5) is 0 Å². The third kappa shape index (κ3) is 2.82. The summed E-state index contributed by atoms with van der Waals surface area (Å²) in [6, 6.07) is 3.67. The van der Waals surface area contributed by atoms with Gasteiger partial charge in [-0.1, -0.05) is 12.8 Å². The SMILES string of the molecule is c1coc(-c2nnc(CN3CCCC4(CCCC4)CC3)o2)c1. The molecule has 0 atom stereocenters. The summed E-state index contributed by atoms with van der Waals surface area (Å²) in [4.78, 5) is 2.46. The number of aromatic nitrogens is 2. The second-order valence-electron chi connectivity index (χ2n) is 6.82. The van der Waals surface area contributed by atoms with Gasteiger partial charge in [-0.25, -0.2) is 0 Å². The molecule has 1 spiro atoms. The molecule has 0 bridgehead atoms. The van der Waals surface area contributed by atoms with E-state index < -0.39 is 0 Å². The first-order valence-corrected chi connectivity index (χ1v) is 8.42. The maximum Gasteiger partial charge on any atom is 0.283 e. The number of rotatable bonds is 3. The highest BCUT2D eigenvalue weighted by molar-refractivity contribution is 5.42. The molecule has 2 aromatic heterocycles. The molecule has 2 aromatic rings. The molecule has 1 aliphatic carbocycles. The Morgan fingerprint density at radius 2 is 1.91 bits per heavy atom. The van der Waals surface area contributed by atoms with Crippen molar-refractivity contribution in [1.82, 2.24) is 15.1 Å². The van der Waals surface area contributed by atoms with E-state index in [1.807, 2.05) is 12.1 Å². The van der Waals surface area contributed by atoms with E-state index in [4.69, 9.17) is 8.83 Å². The van der Waals surface area contributed by atoms with Crippen molar-refractivity contribution in [2.24, 2.45) is 5.41 Å². The Bertz CT molecular complexity index is 599. The number of hydrogen-bond donors (Lipinski definition) is 0. The van der Waals surface area contributed by atoms with Gasteiger partial charge in [-0.2, -0.15) is 0 Å². The van der Waals surface area contributed by atoms with Crippen molar-refractivity contribution in [1.29, 1.82) is 0 Å². The lowest BCUT2D eigenvalue weighted by atomic mass is 9.79. The predicted octanol–water partition coefficient (Wildman–Crippen LogP) is 3.88. The van der Waals surface area contributed by atoms with Gasteiger partial charge in [-0.15, -0.1) is 10.2 Å². The second kappa shape index (κ2) is 5.88. The normalized spacial score (nSPS) is 22.2. The van der Waals surface area contributed by atoms with Crippen LogP contribution in [0.15, 0.2) is 27.2 Å². The molecule has 22 heavy (non-hydrogen) atoms. The summed E-state index contributed by atoms with van der Waals surface area (Å²) in [5.41, 5.74) is 0.642. The average molecular weight is 301 g/mol. The summed E-state index contributed by atoms with van der Waals surface area (Å²) in [6.07, 6.45) is 11.4. The van der Waals surface area contributed by atoms with Gasteiger partial charge in [0.25, 0.3) is 5.89 Å². The maximum absolute atomic E-state index is 5.73. The monoisotopic (exact) mass is 301 g/mol. The maximum atomic E-state index is 5.73. The summed E-state index contributed by atoms with van der Waals surface area (Å²) in [5.74, 6) is 1.80. The van der Waals surface area contributed by atoms with E-state index >= 15 is 0 Å². The van der Waals surface area contributed by atoms with Gasteiger partial charge in [-0.3, -0.25) is 4.90 Å². The predicted molar refractivity (Wildman–Crippen MR) is 82.0 cm³/mol. The molecule has 0 radical (unpaired) electrons. The molecule has 0 aromatic carbocycles. The Balaban J connectivity index is 1.39. The number of likely N-dealkylation sites (tertiary alicyclic amines) is 1. The summed E-state index contributed by atoms with van der Waals surface area (Å²) >= 11 is 0. The van der Waals surface area contributed by atoms with Gasteiger partial charge in [0.2, 0.25) is 5.89 Å². The fraction of sp³-hybridized carbons (Fsp3) is 0.647. The summed E-state index contributed by atoms with van der Waals surface area (Å²) in [5, 5.41) is 8.25. The molecule has 0 amide bonds. The van der Waals surface area contributed by atoms with Crippen molar-refractivity contribution in [2.75, 3.05) is 13.1 Å². The molecule has 1 saturated heterocycles. The first-order chi connectivity index (χ1) is 10.8. The van der Waals surface area contributed by atoms with Gasteiger partial charge in [-0.05, 0) is 62.7 Å². The van der Waals surface area contributed by atoms with Gasteiger partial charge in [0.1, 0.15) is 0 Å². The summed E-state index contributed by atoms with van der Waals surface area (Å²) < 4.78 is 11.0. The van der Waals surface area contributed by atoms with Crippen molar-refractivity contribution in [3.8, 4) is 11.7 Å². The molecule has 2 fully saturated rings. The lowest BCUT2D eigenvalue weighted by molar-refractivity contribution is 0.218. The Hall–Kier alpha value is -1.62. The van der Waals surface area contributed by atoms with Crippen LogP contribution in [0.1, 0.15) is 50.8 Å². The topological polar surface area (TPSA) is 55.3 Å². The van der Waals surface area contributed by atoms with Crippen LogP contribution < -0.4 is 0 Å². The highest BCUT2D eigenvalue weighted by Crippen LogP contribution is 2.46. The largest absolute Gasteiger partial charge is 0.459 e. The first kappa shape index (κ1) is 14.0. The van der Waals surface area contributed by atoms with E-state index in [0.717, 1.165) is 19.6 Å². The molecule has 118 valence electrons. The second-order valence-corrected chi connectivity index (χ2v) is 6.82. The van der Waals surface area contributed by atoms with Crippen LogP contribution in [-0.4, -0.2) is 28.2 Å². The highest BCUT2D eigenvalue weighted by Gasteiger charge is 2.35. The van der Waals surface area contributed by atoms with Gasteiger partial charge < -0.3 is 8.83 Å². The van der Waals surface area contributed by atoms with Gasteiger partial charge in [0.05, 0.1) is 12.8 Å². The molecule has 1 saturated carbocycles. The van der Waals surface area contributed by atoms with Crippen molar-refractivity contribution in [3.63, 3.8) is 0 Å². The Labute approximate surface area is 130 Å². The van der Waals surface area contributed by atoms with Gasteiger partial charge in [0.15, 0.2) is 5.76 Å². The van der Waals surface area contributed by atoms with Crippen LogP contribution in [0.25, 0.3) is 11.7 Å². The molecule has 0 unspecified atom stereocenters. The highest BCUT2D eigenvalue weighted by atomic mass is 16.4. The molecule has 5 heteroatoms. The summed E-state index contributed by atoms with van der Waals surface area (Å²) in [7, 11) is 0. The first-order valence-electron chi connectivity index (χ1n) is 8.42. The number of furan rings is 1. The van der Waals surface area contributed by atoms with Crippen LogP contribution in [0.3, 0.4) is 0 Å². The van der Waals surface area contributed by atoms with Crippen LogP contribution in [0.2, 0.25) is 0 Å². The third-order valence-corrected chi connectivity index (χ3v) is 5.36. The average Bonchev–Trinajstić information content (AvgIpc) is 3.24. The molecule has 2 aliphatic rings. The van der Waals surface area contributed by atoms with Crippen molar-refractivity contribution < 1.29 is 8.83 Å². The van der Waals surface area contributed by atoms with Crippen LogP contribution in [0.5, 0.6) is 0 Å². The van der Waals surface area contributed by atoms with Crippen LogP contribution in [0, 0.1) is 5.41 Å². The zero-order chi connectivity index (χ0) is 14.8. The van der Waals surface area contributed by atoms with Gasteiger partial charge >= 0.3 is 0 Å². The lowest BCUT2D eigenvalue weighted by Gasteiger charge is -2.27. The van der Waals surface area contributed by atoms with Crippen LogP contribution in [-0.2, 0) is 6.54 Å². The molecule has 3 heterocycles. The zero-order valence-corrected chi connectivity index (χ0v) is 13.0. The Morgan fingerprint density at radius 3 is 2.73 bits per heavy atom.